The second-order valence-electron chi connectivity index (χ2n) is 5.74. The Bertz CT molecular complexity index is 745. The van der Waals surface area contributed by atoms with Crippen LogP contribution in [0.3, 0.4) is 0 Å². The first kappa shape index (κ1) is 17.9. The second-order valence-corrected chi connectivity index (χ2v) is 6.52. The summed E-state index contributed by atoms with van der Waals surface area (Å²) >= 11 is 12.0. The van der Waals surface area contributed by atoms with Gasteiger partial charge in [0.1, 0.15) is 11.5 Å². The van der Waals surface area contributed by atoms with Gasteiger partial charge in [0.2, 0.25) is 0 Å². The number of piperazine rings is 1. The van der Waals surface area contributed by atoms with E-state index in [0.29, 0.717) is 15.7 Å². The number of rotatable bonds is 4. The summed E-state index contributed by atoms with van der Waals surface area (Å²) in [6.45, 7) is 7.06. The highest BCUT2D eigenvalue weighted by Crippen LogP contribution is 2.29. The molecule has 1 amide bonds. The van der Waals surface area contributed by atoms with Gasteiger partial charge >= 0.3 is 0 Å². The predicted molar refractivity (Wildman–Crippen MR) is 101 cm³/mol. The molecule has 0 atom stereocenters. The molecule has 0 saturated carbocycles. The fourth-order valence-corrected chi connectivity index (χ4v) is 3.03. The van der Waals surface area contributed by atoms with Crippen LogP contribution in [0.4, 0.5) is 11.5 Å². The Morgan fingerprint density at radius 3 is 2.56 bits per heavy atom. The predicted octanol–water partition coefficient (Wildman–Crippen LogP) is 3.18. The summed E-state index contributed by atoms with van der Waals surface area (Å²) in [6, 6.07) is 5.06. The van der Waals surface area contributed by atoms with Crippen molar-refractivity contribution in [2.75, 3.05) is 42.9 Å². The van der Waals surface area contributed by atoms with Gasteiger partial charge in [0, 0.05) is 26.2 Å². The number of benzene rings is 1. The number of amides is 1. The second kappa shape index (κ2) is 7.99. The third-order valence-electron chi connectivity index (χ3n) is 4.21. The molecule has 0 unspecified atom stereocenters. The van der Waals surface area contributed by atoms with Crippen molar-refractivity contribution in [2.24, 2.45) is 0 Å². The largest absolute Gasteiger partial charge is 0.353 e. The van der Waals surface area contributed by atoms with Gasteiger partial charge in [0.05, 0.1) is 28.1 Å². The van der Waals surface area contributed by atoms with Crippen molar-refractivity contribution in [1.29, 1.82) is 0 Å². The summed E-state index contributed by atoms with van der Waals surface area (Å²) in [7, 11) is 0. The minimum absolute atomic E-state index is 0.229. The average Bonchev–Trinajstić information content (AvgIpc) is 2.65. The molecule has 132 valence electrons. The Hall–Kier alpha value is -1.89. The molecular weight excluding hydrogens is 361 g/mol. The number of nitrogens with one attached hydrogen (secondary N) is 1. The number of nitrogens with zero attached hydrogens (tertiary/aromatic N) is 4. The van der Waals surface area contributed by atoms with E-state index >= 15 is 0 Å². The summed E-state index contributed by atoms with van der Waals surface area (Å²) in [4.78, 5) is 25.5. The minimum atomic E-state index is -0.376. The van der Waals surface area contributed by atoms with Gasteiger partial charge in [0.15, 0.2) is 0 Å². The molecule has 1 aliphatic rings. The number of likely N-dealkylation sites (N-methyl/N-ethyl adjacent to an activating group) is 1. The highest BCUT2D eigenvalue weighted by molar-refractivity contribution is 6.44. The molecule has 8 heteroatoms. The van der Waals surface area contributed by atoms with Crippen LogP contribution in [0, 0.1) is 0 Å². The molecular formula is C17H19Cl2N5O. The van der Waals surface area contributed by atoms with E-state index in [2.05, 4.69) is 32.0 Å². The first-order valence-corrected chi connectivity index (χ1v) is 8.88. The van der Waals surface area contributed by atoms with E-state index in [1.807, 2.05) is 0 Å². The highest BCUT2D eigenvalue weighted by atomic mass is 35.5. The maximum atomic E-state index is 12.3. The monoisotopic (exact) mass is 379 g/mol. The van der Waals surface area contributed by atoms with Crippen LogP contribution >= 0.6 is 23.2 Å². The van der Waals surface area contributed by atoms with E-state index in [1.165, 1.54) is 6.20 Å². The zero-order valence-corrected chi connectivity index (χ0v) is 15.4. The average molecular weight is 380 g/mol. The van der Waals surface area contributed by atoms with Crippen LogP contribution in [0.25, 0.3) is 0 Å². The number of hydrogen-bond acceptors (Lipinski definition) is 5. The Morgan fingerprint density at radius 2 is 1.92 bits per heavy atom. The van der Waals surface area contributed by atoms with Gasteiger partial charge in [-0.1, -0.05) is 36.2 Å². The summed E-state index contributed by atoms with van der Waals surface area (Å²) in [6.07, 6.45) is 3.12. The zero-order valence-electron chi connectivity index (χ0n) is 13.9. The molecule has 3 rings (SSSR count). The lowest BCUT2D eigenvalue weighted by atomic mass is 10.3. The summed E-state index contributed by atoms with van der Waals surface area (Å²) in [5, 5.41) is 3.38. The number of carbonyl (C=O) groups is 1. The molecule has 2 aromatic rings. The van der Waals surface area contributed by atoms with Gasteiger partial charge in [-0.3, -0.25) is 4.79 Å². The molecule has 0 spiro atoms. The molecule has 25 heavy (non-hydrogen) atoms. The van der Waals surface area contributed by atoms with Gasteiger partial charge in [-0.15, -0.1) is 0 Å². The van der Waals surface area contributed by atoms with Crippen molar-refractivity contribution < 1.29 is 4.79 Å². The first-order valence-electron chi connectivity index (χ1n) is 8.13. The maximum Gasteiger partial charge on any atom is 0.275 e. The standard InChI is InChI=1S/C17H19Cl2N5O/c1-2-23-6-8-24(9-7-23)15-11-20-14(10-21-15)17(25)22-13-5-3-4-12(18)16(13)19/h3-5,10-11H,2,6-9H2,1H3,(H,22,25). The van der Waals surface area contributed by atoms with E-state index in [1.54, 1.807) is 24.4 Å². The lowest BCUT2D eigenvalue weighted by molar-refractivity contribution is 0.102. The molecule has 1 aromatic carbocycles. The van der Waals surface area contributed by atoms with E-state index in [0.717, 1.165) is 38.5 Å². The van der Waals surface area contributed by atoms with Crippen molar-refractivity contribution in [3.05, 3.63) is 46.3 Å². The van der Waals surface area contributed by atoms with Gasteiger partial charge < -0.3 is 15.1 Å². The van der Waals surface area contributed by atoms with Crippen LogP contribution in [0.2, 0.25) is 10.0 Å². The van der Waals surface area contributed by atoms with Crippen molar-refractivity contribution in [3.8, 4) is 0 Å². The van der Waals surface area contributed by atoms with E-state index in [9.17, 15) is 4.79 Å². The molecule has 1 saturated heterocycles. The SMILES string of the molecule is CCN1CCN(c2cnc(C(=O)Nc3cccc(Cl)c3Cl)cn2)CC1. The third kappa shape index (κ3) is 4.21. The van der Waals surface area contributed by atoms with Crippen molar-refractivity contribution >= 4 is 40.6 Å². The van der Waals surface area contributed by atoms with Crippen molar-refractivity contribution in [3.63, 3.8) is 0 Å². The molecule has 2 heterocycles. The molecule has 0 radical (unpaired) electrons. The minimum Gasteiger partial charge on any atom is -0.353 e. The van der Waals surface area contributed by atoms with Crippen molar-refractivity contribution in [1.82, 2.24) is 14.9 Å². The van der Waals surface area contributed by atoms with Gasteiger partial charge in [-0.2, -0.15) is 0 Å². The topological polar surface area (TPSA) is 61.4 Å². The molecule has 1 fully saturated rings. The number of halogens is 2. The molecule has 1 aliphatic heterocycles. The van der Waals surface area contributed by atoms with Gasteiger partial charge in [-0.05, 0) is 18.7 Å². The van der Waals surface area contributed by atoms with Crippen LogP contribution in [-0.2, 0) is 0 Å². The first-order chi connectivity index (χ1) is 12.1. The van der Waals surface area contributed by atoms with Crippen LogP contribution < -0.4 is 10.2 Å². The van der Waals surface area contributed by atoms with E-state index < -0.39 is 0 Å². The number of anilines is 2. The number of carbonyl (C=O) groups excluding carboxylic acids is 1. The Morgan fingerprint density at radius 1 is 1.16 bits per heavy atom. The molecule has 0 aliphatic carbocycles. The summed E-state index contributed by atoms with van der Waals surface area (Å²) in [5.74, 6) is 0.409. The normalized spacial score (nSPS) is 15.2. The number of hydrogen-bond donors (Lipinski definition) is 1. The lowest BCUT2D eigenvalue weighted by Gasteiger charge is -2.34. The third-order valence-corrected chi connectivity index (χ3v) is 5.03. The summed E-state index contributed by atoms with van der Waals surface area (Å²) < 4.78 is 0. The van der Waals surface area contributed by atoms with Gasteiger partial charge in [0.25, 0.3) is 5.91 Å². The van der Waals surface area contributed by atoms with Crippen LogP contribution in [0.15, 0.2) is 30.6 Å². The maximum absolute atomic E-state index is 12.3. The Labute approximate surface area is 156 Å². The fraction of sp³-hybridized carbons (Fsp3) is 0.353. The quantitative estimate of drug-likeness (QED) is 0.883. The Kier molecular flexibility index (Phi) is 5.73. The molecule has 6 nitrogen and oxygen atoms in total. The smallest absolute Gasteiger partial charge is 0.275 e. The zero-order chi connectivity index (χ0) is 17.8. The molecule has 0 bridgehead atoms. The highest BCUT2D eigenvalue weighted by Gasteiger charge is 2.18. The van der Waals surface area contributed by atoms with E-state index in [-0.39, 0.29) is 11.6 Å². The fourth-order valence-electron chi connectivity index (χ4n) is 2.68. The molecule has 1 aromatic heterocycles. The summed E-state index contributed by atoms with van der Waals surface area (Å²) in [5.41, 5.74) is 0.674. The van der Waals surface area contributed by atoms with Crippen LogP contribution in [0.1, 0.15) is 17.4 Å². The van der Waals surface area contributed by atoms with E-state index in [4.69, 9.17) is 23.2 Å². The Balaban J connectivity index is 1.66. The van der Waals surface area contributed by atoms with Crippen molar-refractivity contribution in [2.45, 2.75) is 6.92 Å². The number of aromatic nitrogens is 2. The van der Waals surface area contributed by atoms with Crippen LogP contribution in [-0.4, -0.2) is 53.5 Å². The molecule has 1 N–H and O–H groups in total. The van der Waals surface area contributed by atoms with Crippen LogP contribution in [0.5, 0.6) is 0 Å². The lowest BCUT2D eigenvalue weighted by Crippen LogP contribution is -2.46. The van der Waals surface area contributed by atoms with Gasteiger partial charge in [-0.25, -0.2) is 9.97 Å².